The highest BCUT2D eigenvalue weighted by molar-refractivity contribution is 4.46. The predicted molar refractivity (Wildman–Crippen MR) is 27.6 cm³/mol. The Labute approximate surface area is 44.1 Å². The number of ether oxygens (including phenoxy) is 1. The SMILES string of the molecule is C[CH]OC(C)CO. The molecule has 2 nitrogen and oxygen atoms in total. The largest absolute Gasteiger partial charge is 0.394 e. The Morgan fingerprint density at radius 1 is 1.86 bits per heavy atom. The Hall–Kier alpha value is -0.0800. The molecule has 0 aliphatic carbocycles. The number of aliphatic hydroxyl groups excluding tert-OH is 1. The van der Waals surface area contributed by atoms with E-state index < -0.39 is 0 Å². The van der Waals surface area contributed by atoms with Crippen molar-refractivity contribution in [2.45, 2.75) is 20.0 Å². The molecule has 0 rings (SSSR count). The Bertz CT molecular complexity index is 37.1. The van der Waals surface area contributed by atoms with Crippen molar-refractivity contribution in [3.63, 3.8) is 0 Å². The van der Waals surface area contributed by atoms with Gasteiger partial charge in [-0.05, 0) is 13.8 Å². The van der Waals surface area contributed by atoms with Crippen LogP contribution < -0.4 is 0 Å². The lowest BCUT2D eigenvalue weighted by atomic mass is 10.4. The molecule has 0 aromatic rings. The van der Waals surface area contributed by atoms with E-state index in [1.165, 1.54) is 0 Å². The third kappa shape index (κ3) is 3.76. The molecule has 0 aromatic carbocycles. The molecule has 0 saturated heterocycles. The van der Waals surface area contributed by atoms with Gasteiger partial charge in [0.1, 0.15) is 0 Å². The molecule has 0 aliphatic rings. The number of hydrogen-bond donors (Lipinski definition) is 1. The summed E-state index contributed by atoms with van der Waals surface area (Å²) in [5.41, 5.74) is 0. The highest BCUT2D eigenvalue weighted by atomic mass is 16.5. The average Bonchev–Trinajstić information content (AvgIpc) is 1.68. The van der Waals surface area contributed by atoms with E-state index in [1.807, 2.05) is 0 Å². The molecule has 0 aliphatic heterocycles. The molecular weight excluding hydrogens is 92.1 g/mol. The lowest BCUT2D eigenvalue weighted by Gasteiger charge is -2.04. The Balaban J connectivity index is 2.83. The summed E-state index contributed by atoms with van der Waals surface area (Å²) < 4.78 is 4.82. The van der Waals surface area contributed by atoms with Crippen LogP contribution in [0, 0.1) is 6.61 Å². The van der Waals surface area contributed by atoms with Crippen molar-refractivity contribution in [1.82, 2.24) is 0 Å². The van der Waals surface area contributed by atoms with E-state index in [0.29, 0.717) is 0 Å². The summed E-state index contributed by atoms with van der Waals surface area (Å²) in [5, 5.41) is 8.32. The molecule has 43 valence electrons. The van der Waals surface area contributed by atoms with Gasteiger partial charge in [0.05, 0.1) is 19.3 Å². The van der Waals surface area contributed by atoms with Crippen molar-refractivity contribution in [1.29, 1.82) is 0 Å². The van der Waals surface area contributed by atoms with E-state index in [0.717, 1.165) is 0 Å². The molecule has 2 heteroatoms. The summed E-state index contributed by atoms with van der Waals surface area (Å²) in [7, 11) is 0. The summed E-state index contributed by atoms with van der Waals surface area (Å²) >= 11 is 0. The molecule has 7 heavy (non-hydrogen) atoms. The quantitative estimate of drug-likeness (QED) is 0.565. The van der Waals surface area contributed by atoms with Gasteiger partial charge in [0, 0.05) is 0 Å². The molecule has 0 heterocycles. The summed E-state index contributed by atoms with van der Waals surface area (Å²) in [5.74, 6) is 0. The Morgan fingerprint density at radius 2 is 2.43 bits per heavy atom. The lowest BCUT2D eigenvalue weighted by Crippen LogP contribution is -2.09. The van der Waals surface area contributed by atoms with Crippen molar-refractivity contribution in [3.05, 3.63) is 6.61 Å². The minimum Gasteiger partial charge on any atom is -0.394 e. The Morgan fingerprint density at radius 3 is 2.57 bits per heavy atom. The van der Waals surface area contributed by atoms with Gasteiger partial charge in [-0.15, -0.1) is 0 Å². The molecule has 0 aromatic heterocycles. The smallest absolute Gasteiger partial charge is 0.0810 e. The third-order valence-electron chi connectivity index (χ3n) is 0.626. The maximum atomic E-state index is 8.32. The zero-order valence-electron chi connectivity index (χ0n) is 4.72. The second-order valence-electron chi connectivity index (χ2n) is 1.36. The molecule has 0 amide bonds. The average molecular weight is 103 g/mol. The highest BCUT2D eigenvalue weighted by Gasteiger charge is 1.93. The van der Waals surface area contributed by atoms with E-state index in [4.69, 9.17) is 9.84 Å². The van der Waals surface area contributed by atoms with Crippen LogP contribution in [-0.2, 0) is 4.74 Å². The lowest BCUT2D eigenvalue weighted by molar-refractivity contribution is 0.0671. The molecule has 1 atom stereocenters. The van der Waals surface area contributed by atoms with E-state index in [2.05, 4.69) is 0 Å². The van der Waals surface area contributed by atoms with E-state index in [9.17, 15) is 0 Å². The number of hydrogen-bond acceptors (Lipinski definition) is 2. The summed E-state index contributed by atoms with van der Waals surface area (Å²) in [6.07, 6.45) is -0.0509. The molecule has 1 N–H and O–H groups in total. The zero-order valence-corrected chi connectivity index (χ0v) is 4.72. The van der Waals surface area contributed by atoms with Crippen LogP contribution in [0.1, 0.15) is 13.8 Å². The minimum absolute atomic E-state index is 0.0509. The van der Waals surface area contributed by atoms with Crippen LogP contribution in [0.15, 0.2) is 0 Å². The summed E-state index contributed by atoms with van der Waals surface area (Å²) in [6, 6.07) is 0. The van der Waals surface area contributed by atoms with Gasteiger partial charge in [-0.2, -0.15) is 0 Å². The highest BCUT2D eigenvalue weighted by Crippen LogP contribution is 1.88. The van der Waals surface area contributed by atoms with Gasteiger partial charge in [0.25, 0.3) is 0 Å². The van der Waals surface area contributed by atoms with E-state index in [1.54, 1.807) is 20.5 Å². The summed E-state index contributed by atoms with van der Waals surface area (Å²) in [4.78, 5) is 0. The first-order chi connectivity index (χ1) is 3.31. The zero-order chi connectivity index (χ0) is 5.70. The fourth-order valence-electron chi connectivity index (χ4n) is 0.275. The molecule has 0 fully saturated rings. The van der Waals surface area contributed by atoms with Crippen LogP contribution in [0.3, 0.4) is 0 Å². The fraction of sp³-hybridized carbons (Fsp3) is 0.800. The minimum atomic E-state index is -0.0509. The van der Waals surface area contributed by atoms with Crippen LogP contribution in [0.25, 0.3) is 0 Å². The molecule has 1 unspecified atom stereocenters. The van der Waals surface area contributed by atoms with Gasteiger partial charge < -0.3 is 9.84 Å². The maximum absolute atomic E-state index is 8.32. The van der Waals surface area contributed by atoms with Crippen molar-refractivity contribution in [2.75, 3.05) is 6.61 Å². The standard InChI is InChI=1S/C5H11O2/c1-3-7-5(2)4-6/h3,5-6H,4H2,1-2H3. The van der Waals surface area contributed by atoms with Crippen molar-refractivity contribution in [2.24, 2.45) is 0 Å². The predicted octanol–water partition coefficient (Wildman–Crippen LogP) is 0.565. The van der Waals surface area contributed by atoms with Crippen molar-refractivity contribution >= 4 is 0 Å². The molecule has 0 spiro atoms. The van der Waals surface area contributed by atoms with Gasteiger partial charge in [-0.3, -0.25) is 0 Å². The van der Waals surface area contributed by atoms with E-state index >= 15 is 0 Å². The van der Waals surface area contributed by atoms with Gasteiger partial charge in [-0.1, -0.05) is 0 Å². The molecule has 0 bridgehead atoms. The first-order valence-electron chi connectivity index (χ1n) is 2.35. The van der Waals surface area contributed by atoms with Gasteiger partial charge in [0.15, 0.2) is 0 Å². The normalized spacial score (nSPS) is 14.1. The second kappa shape index (κ2) is 4.09. The van der Waals surface area contributed by atoms with Gasteiger partial charge >= 0.3 is 0 Å². The van der Waals surface area contributed by atoms with Crippen LogP contribution in [0.5, 0.6) is 0 Å². The third-order valence-corrected chi connectivity index (χ3v) is 0.626. The topological polar surface area (TPSA) is 29.5 Å². The fourth-order valence-corrected chi connectivity index (χ4v) is 0.275. The van der Waals surface area contributed by atoms with Gasteiger partial charge in [-0.25, -0.2) is 0 Å². The molecular formula is C5H11O2. The second-order valence-corrected chi connectivity index (χ2v) is 1.36. The van der Waals surface area contributed by atoms with E-state index in [-0.39, 0.29) is 12.7 Å². The van der Waals surface area contributed by atoms with Crippen LogP contribution in [-0.4, -0.2) is 17.8 Å². The first kappa shape index (κ1) is 6.92. The first-order valence-corrected chi connectivity index (χ1v) is 2.35. The molecule has 0 saturated carbocycles. The number of rotatable bonds is 3. The Kier molecular flexibility index (Phi) is 4.04. The van der Waals surface area contributed by atoms with Crippen LogP contribution in [0.4, 0.5) is 0 Å². The molecule has 1 radical (unpaired) electrons. The van der Waals surface area contributed by atoms with Crippen LogP contribution in [0.2, 0.25) is 0 Å². The number of aliphatic hydroxyl groups is 1. The maximum Gasteiger partial charge on any atom is 0.0810 e. The van der Waals surface area contributed by atoms with Crippen molar-refractivity contribution < 1.29 is 9.84 Å². The van der Waals surface area contributed by atoms with Crippen molar-refractivity contribution in [3.8, 4) is 0 Å². The monoisotopic (exact) mass is 103 g/mol. The van der Waals surface area contributed by atoms with Crippen LogP contribution >= 0.6 is 0 Å². The summed E-state index contributed by atoms with van der Waals surface area (Å²) in [6.45, 7) is 5.25. The van der Waals surface area contributed by atoms with Gasteiger partial charge in [0.2, 0.25) is 0 Å².